The SMILES string of the molecule is O=c1c[c]c2cncnc2[nH]1. The summed E-state index contributed by atoms with van der Waals surface area (Å²) >= 11 is 0. The van der Waals surface area contributed by atoms with Crippen molar-refractivity contribution >= 4 is 11.0 Å². The van der Waals surface area contributed by atoms with E-state index in [0.29, 0.717) is 11.0 Å². The molecule has 2 heterocycles. The Morgan fingerprint density at radius 3 is 3.36 bits per heavy atom. The maximum Gasteiger partial charge on any atom is 0.250 e. The lowest BCUT2D eigenvalue weighted by Crippen LogP contribution is -2.03. The molecular formula is C7H4N3O. The van der Waals surface area contributed by atoms with E-state index in [1.165, 1.54) is 12.4 Å². The molecule has 0 aliphatic heterocycles. The molecule has 11 heavy (non-hydrogen) atoms. The van der Waals surface area contributed by atoms with Crippen LogP contribution in [0.25, 0.3) is 11.0 Å². The molecule has 4 nitrogen and oxygen atoms in total. The van der Waals surface area contributed by atoms with Crippen LogP contribution in [-0.4, -0.2) is 15.0 Å². The predicted octanol–water partition coefficient (Wildman–Crippen LogP) is 0.118. The van der Waals surface area contributed by atoms with Crippen LogP contribution in [-0.2, 0) is 0 Å². The van der Waals surface area contributed by atoms with Crippen molar-refractivity contribution in [2.24, 2.45) is 0 Å². The van der Waals surface area contributed by atoms with Crippen LogP contribution >= 0.6 is 0 Å². The third-order valence-corrected chi connectivity index (χ3v) is 1.31. The van der Waals surface area contributed by atoms with E-state index in [1.807, 2.05) is 0 Å². The highest BCUT2D eigenvalue weighted by Crippen LogP contribution is 1.99. The highest BCUT2D eigenvalue weighted by Gasteiger charge is 1.92. The molecule has 0 bridgehead atoms. The standard InChI is InChI=1S/C7H4N3O/c11-6-2-1-5-3-8-4-9-7(5)10-6/h2-4H,(H,8,9,10,11). The average Bonchev–Trinajstić information content (AvgIpc) is 2.04. The number of rotatable bonds is 0. The fraction of sp³-hybridized carbons (Fsp3) is 0. The van der Waals surface area contributed by atoms with E-state index in [9.17, 15) is 4.79 Å². The van der Waals surface area contributed by atoms with Gasteiger partial charge >= 0.3 is 0 Å². The van der Waals surface area contributed by atoms with Crippen LogP contribution in [0.3, 0.4) is 0 Å². The average molecular weight is 146 g/mol. The van der Waals surface area contributed by atoms with Gasteiger partial charge in [-0.25, -0.2) is 9.97 Å². The number of pyridine rings is 1. The van der Waals surface area contributed by atoms with Crippen LogP contribution in [0, 0.1) is 6.07 Å². The highest BCUT2D eigenvalue weighted by molar-refractivity contribution is 5.71. The molecule has 0 aliphatic rings. The van der Waals surface area contributed by atoms with E-state index in [0.717, 1.165) is 0 Å². The second-order valence-electron chi connectivity index (χ2n) is 2.06. The lowest BCUT2D eigenvalue weighted by Gasteiger charge is -1.90. The van der Waals surface area contributed by atoms with E-state index in [2.05, 4.69) is 21.0 Å². The van der Waals surface area contributed by atoms with E-state index in [4.69, 9.17) is 0 Å². The number of fused-ring (bicyclic) bond motifs is 1. The Balaban J connectivity index is 2.94. The highest BCUT2D eigenvalue weighted by atomic mass is 16.1. The first kappa shape index (κ1) is 6.03. The number of H-pyrrole nitrogens is 1. The molecule has 0 fully saturated rings. The monoisotopic (exact) mass is 146 g/mol. The van der Waals surface area contributed by atoms with Gasteiger partial charge in [-0.3, -0.25) is 4.79 Å². The van der Waals surface area contributed by atoms with E-state index >= 15 is 0 Å². The Hall–Kier alpha value is -1.71. The zero-order chi connectivity index (χ0) is 7.68. The lowest BCUT2D eigenvalue weighted by atomic mass is 10.3. The quantitative estimate of drug-likeness (QED) is 0.574. The van der Waals surface area contributed by atoms with Gasteiger partial charge in [-0.05, 0) is 0 Å². The molecule has 0 amide bonds. The van der Waals surface area contributed by atoms with Crippen molar-refractivity contribution in [1.29, 1.82) is 0 Å². The van der Waals surface area contributed by atoms with E-state index in [1.54, 1.807) is 6.20 Å². The molecule has 2 aromatic heterocycles. The first-order valence-corrected chi connectivity index (χ1v) is 3.07. The maximum absolute atomic E-state index is 10.7. The smallest absolute Gasteiger partial charge is 0.250 e. The Bertz CT molecular complexity index is 435. The van der Waals surface area contributed by atoms with Crippen molar-refractivity contribution in [3.8, 4) is 0 Å². The topological polar surface area (TPSA) is 58.6 Å². The Morgan fingerprint density at radius 2 is 2.45 bits per heavy atom. The molecule has 0 saturated heterocycles. The summed E-state index contributed by atoms with van der Waals surface area (Å²) < 4.78 is 0. The van der Waals surface area contributed by atoms with E-state index < -0.39 is 0 Å². The van der Waals surface area contributed by atoms with Crippen LogP contribution < -0.4 is 5.56 Å². The number of nitrogens with one attached hydrogen (secondary N) is 1. The fourth-order valence-corrected chi connectivity index (χ4v) is 0.831. The van der Waals surface area contributed by atoms with Gasteiger partial charge in [0.25, 0.3) is 0 Å². The van der Waals surface area contributed by atoms with Crippen molar-refractivity contribution in [2.75, 3.05) is 0 Å². The van der Waals surface area contributed by atoms with Gasteiger partial charge < -0.3 is 4.98 Å². The molecule has 0 aromatic carbocycles. The first-order chi connectivity index (χ1) is 5.36. The second kappa shape index (κ2) is 2.16. The first-order valence-electron chi connectivity index (χ1n) is 3.07. The summed E-state index contributed by atoms with van der Waals surface area (Å²) in [5, 5.41) is 0.715. The Morgan fingerprint density at radius 1 is 1.55 bits per heavy atom. The number of hydrogen-bond acceptors (Lipinski definition) is 3. The van der Waals surface area contributed by atoms with Gasteiger partial charge in [-0.15, -0.1) is 0 Å². The van der Waals surface area contributed by atoms with Crippen molar-refractivity contribution in [3.05, 3.63) is 35.0 Å². The third kappa shape index (κ3) is 0.980. The number of aromatic nitrogens is 3. The van der Waals surface area contributed by atoms with Crippen LogP contribution in [0.1, 0.15) is 0 Å². The van der Waals surface area contributed by atoms with Crippen LogP contribution in [0.5, 0.6) is 0 Å². The molecule has 0 saturated carbocycles. The van der Waals surface area contributed by atoms with Gasteiger partial charge in [-0.2, -0.15) is 0 Å². The van der Waals surface area contributed by atoms with Gasteiger partial charge in [-0.1, -0.05) is 0 Å². The van der Waals surface area contributed by atoms with E-state index in [-0.39, 0.29) is 5.56 Å². The fourth-order valence-electron chi connectivity index (χ4n) is 0.831. The summed E-state index contributed by atoms with van der Waals surface area (Å²) in [4.78, 5) is 20.9. The van der Waals surface area contributed by atoms with Gasteiger partial charge in [0.05, 0.1) is 0 Å². The zero-order valence-corrected chi connectivity index (χ0v) is 5.53. The zero-order valence-electron chi connectivity index (χ0n) is 5.53. The minimum atomic E-state index is -0.198. The summed E-state index contributed by atoms with van der Waals surface area (Å²) in [6, 6.07) is 4.08. The molecular weight excluding hydrogens is 142 g/mol. The minimum Gasteiger partial charge on any atom is -0.306 e. The summed E-state index contributed by atoms with van der Waals surface area (Å²) in [5.74, 6) is 0. The summed E-state index contributed by atoms with van der Waals surface area (Å²) in [5.41, 5.74) is 0.323. The van der Waals surface area contributed by atoms with Gasteiger partial charge in [0.1, 0.15) is 12.0 Å². The number of nitrogens with zero attached hydrogens (tertiary/aromatic N) is 2. The molecule has 1 N–H and O–H groups in total. The van der Waals surface area contributed by atoms with Crippen LogP contribution in [0.2, 0.25) is 0 Å². The number of aromatic amines is 1. The molecule has 53 valence electrons. The van der Waals surface area contributed by atoms with Crippen molar-refractivity contribution in [1.82, 2.24) is 15.0 Å². The number of hydrogen-bond donors (Lipinski definition) is 1. The van der Waals surface area contributed by atoms with Crippen molar-refractivity contribution in [2.45, 2.75) is 0 Å². The van der Waals surface area contributed by atoms with Gasteiger partial charge in [0.15, 0.2) is 0 Å². The van der Waals surface area contributed by atoms with Gasteiger partial charge in [0.2, 0.25) is 5.56 Å². The predicted molar refractivity (Wildman–Crippen MR) is 39.0 cm³/mol. The van der Waals surface area contributed by atoms with Gasteiger partial charge in [0, 0.05) is 23.7 Å². The van der Waals surface area contributed by atoms with Crippen LogP contribution in [0.15, 0.2) is 23.4 Å². The molecule has 0 unspecified atom stereocenters. The molecule has 2 aromatic rings. The molecule has 1 radical (unpaired) electrons. The minimum absolute atomic E-state index is 0.198. The molecule has 0 atom stereocenters. The Kier molecular flexibility index (Phi) is 1.18. The lowest BCUT2D eigenvalue weighted by molar-refractivity contribution is 1.16. The third-order valence-electron chi connectivity index (χ3n) is 1.31. The molecule has 0 aliphatic carbocycles. The summed E-state index contributed by atoms with van der Waals surface area (Å²) in [7, 11) is 0. The van der Waals surface area contributed by atoms with Crippen LogP contribution in [0.4, 0.5) is 0 Å². The molecule has 2 rings (SSSR count). The van der Waals surface area contributed by atoms with Crippen molar-refractivity contribution in [3.63, 3.8) is 0 Å². The van der Waals surface area contributed by atoms with Crippen molar-refractivity contribution < 1.29 is 0 Å². The molecule has 0 spiro atoms. The maximum atomic E-state index is 10.7. The summed E-state index contributed by atoms with van der Waals surface area (Å²) in [6.07, 6.45) is 2.98. The second-order valence-corrected chi connectivity index (χ2v) is 2.06. The largest absolute Gasteiger partial charge is 0.306 e. The Labute approximate surface area is 61.9 Å². The summed E-state index contributed by atoms with van der Waals surface area (Å²) in [6.45, 7) is 0. The molecule has 4 heteroatoms. The normalized spacial score (nSPS) is 10.2.